The zero-order valence-electron chi connectivity index (χ0n) is 19.8. The molecule has 4 aromatic rings. The zero-order valence-corrected chi connectivity index (χ0v) is 19.8. The van der Waals surface area contributed by atoms with Crippen molar-refractivity contribution in [3.05, 3.63) is 59.4 Å². The zero-order chi connectivity index (χ0) is 23.7. The van der Waals surface area contributed by atoms with Crippen LogP contribution in [0.3, 0.4) is 0 Å². The number of rotatable bonds is 6. The van der Waals surface area contributed by atoms with Gasteiger partial charge >= 0.3 is 0 Å². The normalized spacial score (nSPS) is 14.4. The summed E-state index contributed by atoms with van der Waals surface area (Å²) in [5.74, 6) is 0.910. The molecule has 1 aliphatic heterocycles. The van der Waals surface area contributed by atoms with Crippen LogP contribution < -0.4 is 15.4 Å². The number of nitrogens with one attached hydrogen (secondary N) is 3. The summed E-state index contributed by atoms with van der Waals surface area (Å²) < 4.78 is 7.55. The van der Waals surface area contributed by atoms with E-state index in [1.54, 1.807) is 7.11 Å². The fourth-order valence-electron chi connectivity index (χ4n) is 4.72. The predicted octanol–water partition coefficient (Wildman–Crippen LogP) is 4.30. The SMILES string of the molecule is COc1cc2[nH]nc(-c3cnn(CC4CCNCC4)c3)c2cc1C(=O)Nc1c(C)cccc1C. The third-order valence-corrected chi connectivity index (χ3v) is 6.66. The maximum Gasteiger partial charge on any atom is 0.259 e. The molecule has 2 aromatic carbocycles. The Morgan fingerprint density at radius 3 is 2.71 bits per heavy atom. The summed E-state index contributed by atoms with van der Waals surface area (Å²) in [6, 6.07) is 9.62. The van der Waals surface area contributed by atoms with Gasteiger partial charge in [-0.15, -0.1) is 0 Å². The molecule has 1 aliphatic rings. The van der Waals surface area contributed by atoms with Gasteiger partial charge in [0.25, 0.3) is 5.91 Å². The van der Waals surface area contributed by atoms with Crippen molar-refractivity contribution in [1.82, 2.24) is 25.3 Å². The van der Waals surface area contributed by atoms with E-state index in [2.05, 4.69) is 25.9 Å². The Bertz CT molecular complexity index is 1310. The molecule has 34 heavy (non-hydrogen) atoms. The van der Waals surface area contributed by atoms with E-state index in [1.165, 1.54) is 12.8 Å². The van der Waals surface area contributed by atoms with E-state index < -0.39 is 0 Å². The van der Waals surface area contributed by atoms with E-state index in [4.69, 9.17) is 4.74 Å². The highest BCUT2D eigenvalue weighted by Gasteiger charge is 2.20. The summed E-state index contributed by atoms with van der Waals surface area (Å²) in [6.45, 7) is 7.01. The number of nitrogens with zero attached hydrogens (tertiary/aromatic N) is 3. The van der Waals surface area contributed by atoms with Gasteiger partial charge in [-0.25, -0.2) is 0 Å². The number of carbonyl (C=O) groups is 1. The van der Waals surface area contributed by atoms with Crippen molar-refractivity contribution in [2.75, 3.05) is 25.5 Å². The van der Waals surface area contributed by atoms with Gasteiger partial charge in [0.2, 0.25) is 0 Å². The van der Waals surface area contributed by atoms with Gasteiger partial charge in [0.1, 0.15) is 11.4 Å². The number of para-hydroxylation sites is 1. The van der Waals surface area contributed by atoms with Crippen molar-refractivity contribution >= 4 is 22.5 Å². The number of carbonyl (C=O) groups excluding carboxylic acids is 1. The van der Waals surface area contributed by atoms with Crippen molar-refractivity contribution in [3.8, 4) is 17.0 Å². The largest absolute Gasteiger partial charge is 0.496 e. The lowest BCUT2D eigenvalue weighted by molar-refractivity contribution is 0.102. The van der Waals surface area contributed by atoms with Gasteiger partial charge in [0, 0.05) is 35.4 Å². The molecule has 8 nitrogen and oxygen atoms in total. The van der Waals surface area contributed by atoms with E-state index >= 15 is 0 Å². The maximum absolute atomic E-state index is 13.3. The van der Waals surface area contributed by atoms with Crippen molar-refractivity contribution in [3.63, 3.8) is 0 Å². The summed E-state index contributed by atoms with van der Waals surface area (Å²) in [6.07, 6.45) is 6.22. The Kier molecular flexibility index (Phi) is 6.06. The van der Waals surface area contributed by atoms with Gasteiger partial charge in [-0.1, -0.05) is 18.2 Å². The van der Waals surface area contributed by atoms with E-state index in [9.17, 15) is 4.79 Å². The van der Waals surface area contributed by atoms with Crippen molar-refractivity contribution < 1.29 is 9.53 Å². The van der Waals surface area contributed by atoms with Crippen LogP contribution in [0.5, 0.6) is 5.75 Å². The molecule has 0 aliphatic carbocycles. The number of piperidine rings is 1. The standard InChI is InChI=1S/C26H30N6O2/c1-16-5-4-6-17(2)24(16)29-26(33)21-11-20-22(12-23(21)34-3)30-31-25(20)19-13-28-32(15-19)14-18-7-9-27-10-8-18/h4-6,11-13,15,18,27H,7-10,14H2,1-3H3,(H,29,33)(H,30,31). The molecule has 0 atom stereocenters. The number of hydrogen-bond donors (Lipinski definition) is 3. The van der Waals surface area contributed by atoms with Crippen molar-refractivity contribution in [2.45, 2.75) is 33.2 Å². The van der Waals surface area contributed by atoms with Crippen LogP contribution in [0, 0.1) is 19.8 Å². The molecule has 0 spiro atoms. The predicted molar refractivity (Wildman–Crippen MR) is 133 cm³/mol. The molecular formula is C26H30N6O2. The molecule has 8 heteroatoms. The maximum atomic E-state index is 13.3. The molecule has 0 bridgehead atoms. The van der Waals surface area contributed by atoms with Gasteiger partial charge < -0.3 is 15.4 Å². The third-order valence-electron chi connectivity index (χ3n) is 6.66. The summed E-state index contributed by atoms with van der Waals surface area (Å²) >= 11 is 0. The Labute approximate surface area is 198 Å². The van der Waals surface area contributed by atoms with Crippen LogP contribution in [0.4, 0.5) is 5.69 Å². The highest BCUT2D eigenvalue weighted by molar-refractivity contribution is 6.10. The first-order chi connectivity index (χ1) is 16.5. The number of benzene rings is 2. The number of amides is 1. The molecular weight excluding hydrogens is 428 g/mol. The Morgan fingerprint density at radius 2 is 1.97 bits per heavy atom. The van der Waals surface area contributed by atoms with E-state index in [1.807, 2.05) is 61.3 Å². The Morgan fingerprint density at radius 1 is 1.21 bits per heavy atom. The highest BCUT2D eigenvalue weighted by Crippen LogP contribution is 2.32. The quantitative estimate of drug-likeness (QED) is 0.400. The van der Waals surface area contributed by atoms with Gasteiger partial charge in [-0.05, 0) is 62.9 Å². The molecule has 0 unspecified atom stereocenters. The van der Waals surface area contributed by atoms with E-state index in [0.29, 0.717) is 17.2 Å². The molecule has 0 radical (unpaired) electrons. The van der Waals surface area contributed by atoms with Crippen LogP contribution >= 0.6 is 0 Å². The average Bonchev–Trinajstić information content (AvgIpc) is 3.47. The van der Waals surface area contributed by atoms with Crippen molar-refractivity contribution in [2.24, 2.45) is 5.92 Å². The number of hydrogen-bond acceptors (Lipinski definition) is 5. The molecule has 3 N–H and O–H groups in total. The fraction of sp³-hybridized carbons (Fsp3) is 0.346. The van der Waals surface area contributed by atoms with Crippen LogP contribution in [0.2, 0.25) is 0 Å². The molecule has 5 rings (SSSR count). The monoisotopic (exact) mass is 458 g/mol. The smallest absolute Gasteiger partial charge is 0.259 e. The fourth-order valence-corrected chi connectivity index (χ4v) is 4.72. The summed E-state index contributed by atoms with van der Waals surface area (Å²) in [5, 5.41) is 19.5. The number of anilines is 1. The first kappa shape index (κ1) is 22.2. The van der Waals surface area contributed by atoms with Crippen LogP contribution in [-0.2, 0) is 6.54 Å². The van der Waals surface area contributed by atoms with Gasteiger partial charge in [-0.3, -0.25) is 14.6 Å². The van der Waals surface area contributed by atoms with Crippen LogP contribution in [0.1, 0.15) is 34.3 Å². The van der Waals surface area contributed by atoms with Gasteiger partial charge in [0.15, 0.2) is 0 Å². The van der Waals surface area contributed by atoms with Crippen molar-refractivity contribution in [1.29, 1.82) is 0 Å². The number of methoxy groups -OCH3 is 1. The highest BCUT2D eigenvalue weighted by atomic mass is 16.5. The minimum Gasteiger partial charge on any atom is -0.496 e. The first-order valence-corrected chi connectivity index (χ1v) is 11.7. The number of aryl methyl sites for hydroxylation is 2. The minimum absolute atomic E-state index is 0.218. The average molecular weight is 459 g/mol. The van der Waals surface area contributed by atoms with Crippen LogP contribution in [0.15, 0.2) is 42.7 Å². The Hall–Kier alpha value is -3.65. The number of fused-ring (bicyclic) bond motifs is 1. The number of aromatic amines is 1. The first-order valence-electron chi connectivity index (χ1n) is 11.7. The molecule has 1 saturated heterocycles. The van der Waals surface area contributed by atoms with Crippen LogP contribution in [0.25, 0.3) is 22.2 Å². The number of H-pyrrole nitrogens is 1. The van der Waals surface area contributed by atoms with Gasteiger partial charge in [-0.2, -0.15) is 10.2 Å². The summed E-state index contributed by atoms with van der Waals surface area (Å²) in [5.41, 5.74) is 5.81. The van der Waals surface area contributed by atoms with Crippen LogP contribution in [-0.4, -0.2) is 46.1 Å². The number of ether oxygens (including phenoxy) is 1. The van der Waals surface area contributed by atoms with Gasteiger partial charge in [0.05, 0.1) is 24.4 Å². The molecule has 176 valence electrons. The molecule has 3 heterocycles. The second-order valence-corrected chi connectivity index (χ2v) is 9.04. The Balaban J connectivity index is 1.46. The molecule has 0 saturated carbocycles. The topological polar surface area (TPSA) is 96.9 Å². The molecule has 2 aromatic heterocycles. The molecule has 1 fully saturated rings. The third kappa shape index (κ3) is 4.28. The second-order valence-electron chi connectivity index (χ2n) is 9.04. The number of aromatic nitrogens is 4. The minimum atomic E-state index is -0.218. The van der Waals surface area contributed by atoms with E-state index in [-0.39, 0.29) is 5.91 Å². The summed E-state index contributed by atoms with van der Waals surface area (Å²) in [7, 11) is 1.57. The second kappa shape index (κ2) is 9.30. The lowest BCUT2D eigenvalue weighted by Crippen LogP contribution is -2.29. The molecule has 1 amide bonds. The van der Waals surface area contributed by atoms with E-state index in [0.717, 1.165) is 58.6 Å². The lowest BCUT2D eigenvalue weighted by Gasteiger charge is -2.22. The lowest BCUT2D eigenvalue weighted by atomic mass is 9.98. The summed E-state index contributed by atoms with van der Waals surface area (Å²) in [4.78, 5) is 13.3.